The van der Waals surface area contributed by atoms with Gasteiger partial charge in [0.1, 0.15) is 11.6 Å². The highest BCUT2D eigenvalue weighted by Crippen LogP contribution is 2.20. The van der Waals surface area contributed by atoms with E-state index in [-0.39, 0.29) is 16.6 Å². The lowest BCUT2D eigenvalue weighted by Gasteiger charge is -2.00. The summed E-state index contributed by atoms with van der Waals surface area (Å²) in [5.41, 5.74) is 8.15. The van der Waals surface area contributed by atoms with Crippen molar-refractivity contribution >= 4 is 15.9 Å². The average molecular weight is 248 g/mol. The molecule has 0 fully saturated rings. The maximum Gasteiger partial charge on any atom is 0.140 e. The second-order valence-corrected chi connectivity index (χ2v) is 3.10. The van der Waals surface area contributed by atoms with Crippen LogP contribution in [0.2, 0.25) is 0 Å². The summed E-state index contributed by atoms with van der Waals surface area (Å²) >= 11 is 2.90. The SMILES string of the molecule is [N-]=[N+]=NCc1cc(Br)c(F)cc1F. The van der Waals surface area contributed by atoms with Gasteiger partial charge in [-0.1, -0.05) is 5.11 Å². The molecule has 0 amide bonds. The molecule has 3 nitrogen and oxygen atoms in total. The molecule has 0 unspecified atom stereocenters. The summed E-state index contributed by atoms with van der Waals surface area (Å²) in [7, 11) is 0. The molecule has 68 valence electrons. The van der Waals surface area contributed by atoms with Crippen molar-refractivity contribution in [2.45, 2.75) is 6.54 Å². The molecule has 0 N–H and O–H groups in total. The molecule has 1 aromatic carbocycles. The molecule has 0 aliphatic rings. The van der Waals surface area contributed by atoms with Crippen LogP contribution in [0, 0.1) is 11.6 Å². The summed E-state index contributed by atoms with van der Waals surface area (Å²) in [6.07, 6.45) is 0. The molecule has 1 rings (SSSR count). The molecule has 0 saturated heterocycles. The van der Waals surface area contributed by atoms with Crippen molar-refractivity contribution in [1.82, 2.24) is 0 Å². The highest BCUT2D eigenvalue weighted by Gasteiger charge is 2.06. The Kier molecular flexibility index (Phi) is 3.22. The fraction of sp³-hybridized carbons (Fsp3) is 0.143. The number of rotatable bonds is 2. The van der Waals surface area contributed by atoms with Gasteiger partial charge in [0, 0.05) is 11.0 Å². The third-order valence-corrected chi connectivity index (χ3v) is 2.00. The molecular formula is C7H4BrF2N3. The minimum atomic E-state index is -0.715. The summed E-state index contributed by atoms with van der Waals surface area (Å²) < 4.78 is 25.8. The molecule has 0 bridgehead atoms. The molecule has 0 radical (unpaired) electrons. The van der Waals surface area contributed by atoms with E-state index in [0.29, 0.717) is 0 Å². The lowest BCUT2D eigenvalue weighted by atomic mass is 10.2. The Morgan fingerprint density at radius 1 is 1.38 bits per heavy atom. The van der Waals surface area contributed by atoms with Gasteiger partial charge in [0.2, 0.25) is 0 Å². The molecule has 1 aromatic rings. The summed E-state index contributed by atoms with van der Waals surface area (Å²) in [5.74, 6) is -1.39. The van der Waals surface area contributed by atoms with Gasteiger partial charge in [-0.25, -0.2) is 8.78 Å². The van der Waals surface area contributed by atoms with Gasteiger partial charge in [0.05, 0.1) is 11.0 Å². The van der Waals surface area contributed by atoms with Crippen LogP contribution in [0.5, 0.6) is 0 Å². The number of azide groups is 1. The zero-order valence-electron chi connectivity index (χ0n) is 6.34. The number of benzene rings is 1. The van der Waals surface area contributed by atoms with Gasteiger partial charge >= 0.3 is 0 Å². The van der Waals surface area contributed by atoms with Gasteiger partial charge in [-0.15, -0.1) is 0 Å². The maximum atomic E-state index is 12.9. The van der Waals surface area contributed by atoms with Crippen molar-refractivity contribution in [2.75, 3.05) is 0 Å². The quantitative estimate of drug-likeness (QED) is 0.332. The minimum Gasteiger partial charge on any atom is -0.207 e. The molecule has 0 aliphatic carbocycles. The Morgan fingerprint density at radius 3 is 2.69 bits per heavy atom. The second-order valence-electron chi connectivity index (χ2n) is 2.25. The lowest BCUT2D eigenvalue weighted by molar-refractivity contribution is 0.568. The van der Waals surface area contributed by atoms with Crippen LogP contribution in [0.3, 0.4) is 0 Å². The Hall–Kier alpha value is -1.13. The van der Waals surface area contributed by atoms with Gasteiger partial charge in [-0.05, 0) is 33.1 Å². The first kappa shape index (κ1) is 9.95. The molecule has 0 saturated carbocycles. The van der Waals surface area contributed by atoms with Crippen LogP contribution in [-0.4, -0.2) is 0 Å². The second kappa shape index (κ2) is 4.20. The molecule has 0 spiro atoms. The van der Waals surface area contributed by atoms with Crippen LogP contribution in [0.4, 0.5) is 8.78 Å². The van der Waals surface area contributed by atoms with E-state index < -0.39 is 11.6 Å². The first-order valence-electron chi connectivity index (χ1n) is 3.29. The normalized spacial score (nSPS) is 9.46. The van der Waals surface area contributed by atoms with Gasteiger partial charge < -0.3 is 0 Å². The average Bonchev–Trinajstić information content (AvgIpc) is 2.09. The monoisotopic (exact) mass is 247 g/mol. The standard InChI is InChI=1S/C7H4BrF2N3/c8-5-1-4(3-12-13-11)6(9)2-7(5)10/h1-2H,3H2. The van der Waals surface area contributed by atoms with Gasteiger partial charge in [0.15, 0.2) is 0 Å². The van der Waals surface area contributed by atoms with Crippen molar-refractivity contribution in [1.29, 1.82) is 0 Å². The van der Waals surface area contributed by atoms with Crippen molar-refractivity contribution < 1.29 is 8.78 Å². The van der Waals surface area contributed by atoms with E-state index in [0.717, 1.165) is 6.07 Å². The molecular weight excluding hydrogens is 244 g/mol. The Morgan fingerprint density at radius 2 is 2.08 bits per heavy atom. The molecule has 13 heavy (non-hydrogen) atoms. The third kappa shape index (κ3) is 2.40. The Labute approximate surface area is 81.1 Å². The van der Waals surface area contributed by atoms with Crippen molar-refractivity contribution in [3.05, 3.63) is 44.2 Å². The van der Waals surface area contributed by atoms with E-state index in [2.05, 4.69) is 26.0 Å². The van der Waals surface area contributed by atoms with Gasteiger partial charge in [0.25, 0.3) is 0 Å². The van der Waals surface area contributed by atoms with Crippen LogP contribution in [0.25, 0.3) is 10.4 Å². The molecule has 0 heterocycles. The zero-order chi connectivity index (χ0) is 9.84. The van der Waals surface area contributed by atoms with Crippen LogP contribution < -0.4 is 0 Å². The van der Waals surface area contributed by atoms with E-state index >= 15 is 0 Å². The van der Waals surface area contributed by atoms with Gasteiger partial charge in [-0.2, -0.15) is 0 Å². The zero-order valence-corrected chi connectivity index (χ0v) is 7.92. The molecule has 0 aromatic heterocycles. The number of hydrogen-bond donors (Lipinski definition) is 0. The smallest absolute Gasteiger partial charge is 0.140 e. The first-order valence-corrected chi connectivity index (χ1v) is 4.08. The summed E-state index contributed by atoms with van der Waals surface area (Å²) in [4.78, 5) is 2.47. The van der Waals surface area contributed by atoms with E-state index in [4.69, 9.17) is 5.53 Å². The fourth-order valence-electron chi connectivity index (χ4n) is 0.793. The van der Waals surface area contributed by atoms with E-state index in [9.17, 15) is 8.78 Å². The van der Waals surface area contributed by atoms with E-state index in [1.807, 2.05) is 0 Å². The summed E-state index contributed by atoms with van der Waals surface area (Å²) in [6, 6.07) is 1.99. The van der Waals surface area contributed by atoms with E-state index in [1.54, 1.807) is 0 Å². The van der Waals surface area contributed by atoms with Crippen molar-refractivity contribution in [3.8, 4) is 0 Å². The molecule has 0 aliphatic heterocycles. The summed E-state index contributed by atoms with van der Waals surface area (Å²) in [6.45, 7) is -0.124. The number of hydrogen-bond acceptors (Lipinski definition) is 1. The predicted octanol–water partition coefficient (Wildman–Crippen LogP) is 3.54. The van der Waals surface area contributed by atoms with Crippen LogP contribution in [0.1, 0.15) is 5.56 Å². The van der Waals surface area contributed by atoms with Crippen LogP contribution >= 0.6 is 15.9 Å². The maximum absolute atomic E-state index is 12.9. The highest BCUT2D eigenvalue weighted by molar-refractivity contribution is 9.10. The van der Waals surface area contributed by atoms with Crippen molar-refractivity contribution in [3.63, 3.8) is 0 Å². The van der Waals surface area contributed by atoms with Crippen LogP contribution in [0.15, 0.2) is 21.7 Å². The lowest BCUT2D eigenvalue weighted by Crippen LogP contribution is -1.90. The van der Waals surface area contributed by atoms with Crippen LogP contribution in [-0.2, 0) is 6.54 Å². The molecule has 0 atom stereocenters. The number of nitrogens with zero attached hydrogens (tertiary/aromatic N) is 3. The minimum absolute atomic E-state index is 0.124. The number of halogens is 3. The topological polar surface area (TPSA) is 48.8 Å². The fourth-order valence-corrected chi connectivity index (χ4v) is 1.18. The van der Waals surface area contributed by atoms with Gasteiger partial charge in [-0.3, -0.25) is 0 Å². The Balaban J connectivity index is 3.07. The van der Waals surface area contributed by atoms with Crippen molar-refractivity contribution in [2.24, 2.45) is 5.11 Å². The molecule has 6 heteroatoms. The highest BCUT2D eigenvalue weighted by atomic mass is 79.9. The Bertz CT molecular complexity index is 374. The largest absolute Gasteiger partial charge is 0.207 e. The third-order valence-electron chi connectivity index (χ3n) is 1.39. The summed E-state index contributed by atoms with van der Waals surface area (Å²) in [5, 5.41) is 3.17. The first-order chi connectivity index (χ1) is 6.15. The predicted molar refractivity (Wildman–Crippen MR) is 46.9 cm³/mol. The van der Waals surface area contributed by atoms with E-state index in [1.165, 1.54) is 6.07 Å².